The van der Waals surface area contributed by atoms with Gasteiger partial charge in [0.05, 0.1) is 0 Å². The third-order valence-corrected chi connectivity index (χ3v) is 0. The minimum absolute atomic E-state index is 0. The molecule has 5 nitrogen and oxygen atoms in total. The van der Waals surface area contributed by atoms with E-state index in [2.05, 4.69) is 0 Å². The fraction of sp³-hybridized carbons (Fsp3) is 0.500. The Bertz CT molecular complexity index is 129. The first kappa shape index (κ1) is 16.3. The van der Waals surface area contributed by atoms with Gasteiger partial charge in [-0.1, -0.05) is 0 Å². The fourth-order valence-corrected chi connectivity index (χ4v) is 0. The van der Waals surface area contributed by atoms with Gasteiger partial charge in [0.2, 0.25) is 10.4 Å². The SMILES string of the molecule is CC=O.O=S(=O)([O-])O.[Na+]. The van der Waals surface area contributed by atoms with E-state index in [4.69, 9.17) is 22.3 Å². The maximum absolute atomic E-state index is 8.81. The molecule has 0 unspecified atom stereocenters. The topological polar surface area (TPSA) is 94.5 Å². The molecule has 0 saturated heterocycles. The van der Waals surface area contributed by atoms with Crippen molar-refractivity contribution in [3.8, 4) is 0 Å². The molecule has 0 heterocycles. The normalized spacial score (nSPS) is 7.89. The van der Waals surface area contributed by atoms with Gasteiger partial charge in [0.1, 0.15) is 6.29 Å². The number of hydrogen-bond acceptors (Lipinski definition) is 4. The van der Waals surface area contributed by atoms with Crippen LogP contribution in [0.4, 0.5) is 0 Å². The van der Waals surface area contributed by atoms with Crippen LogP contribution in [-0.4, -0.2) is 23.8 Å². The van der Waals surface area contributed by atoms with Gasteiger partial charge >= 0.3 is 29.6 Å². The largest absolute Gasteiger partial charge is 1.00 e. The predicted molar refractivity (Wildman–Crippen MR) is 24.1 cm³/mol. The Balaban J connectivity index is -0.0000000800. The number of carbonyl (C=O) groups is 1. The quantitative estimate of drug-likeness (QED) is 0.171. The zero-order chi connectivity index (χ0) is 7.21. The summed E-state index contributed by atoms with van der Waals surface area (Å²) in [5, 5.41) is 0. The van der Waals surface area contributed by atoms with Crippen molar-refractivity contribution in [2.75, 3.05) is 0 Å². The van der Waals surface area contributed by atoms with E-state index in [1.54, 1.807) is 0 Å². The van der Waals surface area contributed by atoms with Gasteiger partial charge in [-0.05, 0) is 6.92 Å². The smallest absolute Gasteiger partial charge is 0.726 e. The van der Waals surface area contributed by atoms with Crippen LogP contribution in [0.25, 0.3) is 0 Å². The van der Waals surface area contributed by atoms with Gasteiger partial charge in [-0.2, -0.15) is 0 Å². The van der Waals surface area contributed by atoms with Crippen molar-refractivity contribution >= 4 is 16.7 Å². The standard InChI is InChI=1S/C2H4O.Na.H2O4S/c1-2-3;;1-5(2,3)4/h2H,1H3;;(H2,1,2,3,4)/q;+1;/p-1. The second kappa shape index (κ2) is 8.54. The fourth-order valence-electron chi connectivity index (χ4n) is 0. The van der Waals surface area contributed by atoms with E-state index in [1.807, 2.05) is 0 Å². The molecule has 0 aromatic rings. The number of carbonyl (C=O) groups excluding carboxylic acids is 1. The first-order valence-electron chi connectivity index (χ1n) is 1.50. The third-order valence-electron chi connectivity index (χ3n) is 0. The van der Waals surface area contributed by atoms with Gasteiger partial charge in [-0.3, -0.25) is 4.55 Å². The van der Waals surface area contributed by atoms with Crippen LogP contribution in [0.2, 0.25) is 0 Å². The molecule has 0 saturated carbocycles. The van der Waals surface area contributed by atoms with Crippen LogP contribution in [0.3, 0.4) is 0 Å². The number of aldehydes is 1. The van der Waals surface area contributed by atoms with E-state index in [0.717, 1.165) is 6.29 Å². The first-order valence-corrected chi connectivity index (χ1v) is 2.86. The van der Waals surface area contributed by atoms with Crippen molar-refractivity contribution in [3.63, 3.8) is 0 Å². The monoisotopic (exact) mass is 164 g/mol. The van der Waals surface area contributed by atoms with Crippen molar-refractivity contribution in [1.29, 1.82) is 0 Å². The molecule has 0 rings (SSSR count). The van der Waals surface area contributed by atoms with Crippen LogP contribution in [0.15, 0.2) is 0 Å². The Labute approximate surface area is 75.3 Å². The van der Waals surface area contributed by atoms with Gasteiger partial charge in [0.25, 0.3) is 0 Å². The van der Waals surface area contributed by atoms with E-state index in [9.17, 15) is 0 Å². The van der Waals surface area contributed by atoms with E-state index in [1.165, 1.54) is 6.92 Å². The van der Waals surface area contributed by atoms with Crippen LogP contribution in [-0.2, 0) is 15.2 Å². The molecular weight excluding hydrogens is 159 g/mol. The molecule has 0 bridgehead atoms. The molecule has 50 valence electrons. The van der Waals surface area contributed by atoms with Crippen molar-refractivity contribution in [2.45, 2.75) is 6.92 Å². The molecule has 0 aliphatic rings. The second-order valence-corrected chi connectivity index (χ2v) is 1.52. The van der Waals surface area contributed by atoms with Gasteiger partial charge in [0, 0.05) is 0 Å². The molecule has 0 spiro atoms. The van der Waals surface area contributed by atoms with Gasteiger partial charge < -0.3 is 9.35 Å². The average Bonchev–Trinajstić information content (AvgIpc) is 1.27. The summed E-state index contributed by atoms with van der Waals surface area (Å²) in [6.45, 7) is 1.44. The summed E-state index contributed by atoms with van der Waals surface area (Å²) in [7, 11) is -4.92. The van der Waals surface area contributed by atoms with Crippen molar-refractivity contribution in [2.24, 2.45) is 0 Å². The summed E-state index contributed by atoms with van der Waals surface area (Å²) in [4.78, 5) is 8.81. The van der Waals surface area contributed by atoms with Crippen molar-refractivity contribution < 1.29 is 51.9 Å². The average molecular weight is 164 g/mol. The summed E-state index contributed by atoms with van der Waals surface area (Å²) in [6, 6.07) is 0. The summed E-state index contributed by atoms with van der Waals surface area (Å²) >= 11 is 0. The van der Waals surface area contributed by atoms with Crippen molar-refractivity contribution in [1.82, 2.24) is 0 Å². The molecule has 1 N–H and O–H groups in total. The van der Waals surface area contributed by atoms with Crippen LogP contribution in [0.5, 0.6) is 0 Å². The first-order chi connectivity index (χ1) is 3.41. The summed E-state index contributed by atoms with van der Waals surface area (Å²) in [6.07, 6.45) is 0.750. The van der Waals surface area contributed by atoms with E-state index >= 15 is 0 Å². The predicted octanol–water partition coefficient (Wildman–Crippen LogP) is -3.79. The zero-order valence-electron chi connectivity index (χ0n) is 5.07. The van der Waals surface area contributed by atoms with Gasteiger partial charge in [-0.15, -0.1) is 0 Å². The molecule has 9 heavy (non-hydrogen) atoms. The van der Waals surface area contributed by atoms with E-state index < -0.39 is 10.4 Å². The minimum atomic E-state index is -4.92. The maximum atomic E-state index is 8.81. The van der Waals surface area contributed by atoms with E-state index in [-0.39, 0.29) is 29.6 Å². The molecule has 0 amide bonds. The Kier molecular flexibility index (Phi) is 15.4. The van der Waals surface area contributed by atoms with Crippen molar-refractivity contribution in [3.05, 3.63) is 0 Å². The molecule has 0 atom stereocenters. The summed E-state index contributed by atoms with van der Waals surface area (Å²) in [5.74, 6) is 0. The Morgan fingerprint density at radius 3 is 1.56 bits per heavy atom. The van der Waals surface area contributed by atoms with Crippen LogP contribution < -0.4 is 29.6 Å². The molecular formula is C2H5NaO5S. The van der Waals surface area contributed by atoms with Gasteiger partial charge in [-0.25, -0.2) is 8.42 Å². The molecule has 0 aliphatic heterocycles. The second-order valence-electron chi connectivity index (χ2n) is 0.663. The molecule has 0 radical (unpaired) electrons. The number of rotatable bonds is 0. The third kappa shape index (κ3) is 1250. The minimum Gasteiger partial charge on any atom is -0.726 e. The van der Waals surface area contributed by atoms with Crippen LogP contribution >= 0.6 is 0 Å². The van der Waals surface area contributed by atoms with E-state index in [0.29, 0.717) is 0 Å². The Morgan fingerprint density at radius 1 is 1.56 bits per heavy atom. The molecule has 0 fully saturated rings. The zero-order valence-corrected chi connectivity index (χ0v) is 7.88. The molecule has 0 aliphatic carbocycles. The van der Waals surface area contributed by atoms with Gasteiger partial charge in [0.15, 0.2) is 0 Å². The molecule has 0 aromatic heterocycles. The Morgan fingerprint density at radius 2 is 1.56 bits per heavy atom. The Hall–Kier alpha value is 0.540. The summed E-state index contributed by atoms with van der Waals surface area (Å²) < 4.78 is 32.8. The summed E-state index contributed by atoms with van der Waals surface area (Å²) in [5.41, 5.74) is 0. The molecule has 0 aromatic carbocycles. The van der Waals surface area contributed by atoms with Crippen LogP contribution in [0.1, 0.15) is 6.92 Å². The molecule has 7 heteroatoms. The van der Waals surface area contributed by atoms with Crippen LogP contribution in [0, 0.1) is 0 Å². The number of hydrogen-bond donors (Lipinski definition) is 1. The maximum Gasteiger partial charge on any atom is 1.00 e.